The van der Waals surface area contributed by atoms with Gasteiger partial charge in [0.2, 0.25) is 0 Å². The van der Waals surface area contributed by atoms with Crippen molar-refractivity contribution in [2.24, 2.45) is 0 Å². The molecule has 1 atom stereocenters. The first-order valence-corrected chi connectivity index (χ1v) is 6.82. The highest BCUT2D eigenvalue weighted by molar-refractivity contribution is 5.80. The third-order valence-electron chi connectivity index (χ3n) is 3.25. The Balaban J connectivity index is 2.30. The van der Waals surface area contributed by atoms with Crippen LogP contribution in [0, 0.1) is 5.82 Å². The molecule has 1 aliphatic rings. The Labute approximate surface area is 117 Å². The quantitative estimate of drug-likeness (QED) is 0.812. The predicted molar refractivity (Wildman–Crippen MR) is 72.0 cm³/mol. The summed E-state index contributed by atoms with van der Waals surface area (Å²) >= 11 is 0. The lowest BCUT2D eigenvalue weighted by Crippen LogP contribution is -2.56. The van der Waals surface area contributed by atoms with Gasteiger partial charge in [0.1, 0.15) is 12.4 Å². The third kappa shape index (κ3) is 2.87. The van der Waals surface area contributed by atoms with E-state index in [2.05, 4.69) is 15.3 Å². The summed E-state index contributed by atoms with van der Waals surface area (Å²) in [6, 6.07) is -0.558. The molecule has 0 saturated carbocycles. The minimum Gasteiger partial charge on any atom is -0.464 e. The molecule has 1 aromatic heterocycles. The highest BCUT2D eigenvalue weighted by Crippen LogP contribution is 2.22. The number of aromatic nitrogens is 2. The van der Waals surface area contributed by atoms with E-state index in [1.54, 1.807) is 11.8 Å². The molecule has 1 fully saturated rings. The molecule has 6 nitrogen and oxygen atoms in total. The number of rotatable bonds is 4. The van der Waals surface area contributed by atoms with Crippen molar-refractivity contribution in [2.75, 3.05) is 31.1 Å². The molecule has 1 N–H and O–H groups in total. The van der Waals surface area contributed by atoms with E-state index in [9.17, 15) is 9.18 Å². The van der Waals surface area contributed by atoms with E-state index in [0.717, 1.165) is 0 Å². The first-order chi connectivity index (χ1) is 9.69. The summed E-state index contributed by atoms with van der Waals surface area (Å²) in [6.45, 7) is 5.47. The van der Waals surface area contributed by atoms with E-state index in [1.807, 2.05) is 6.92 Å². The van der Waals surface area contributed by atoms with Crippen molar-refractivity contribution in [1.82, 2.24) is 15.3 Å². The second kappa shape index (κ2) is 6.60. The summed E-state index contributed by atoms with van der Waals surface area (Å²) in [6.07, 6.45) is 1.82. The lowest BCUT2D eigenvalue weighted by molar-refractivity contribution is -0.144. The monoisotopic (exact) mass is 282 g/mol. The zero-order valence-corrected chi connectivity index (χ0v) is 11.7. The van der Waals surface area contributed by atoms with E-state index < -0.39 is 11.9 Å². The molecule has 1 saturated heterocycles. The molecule has 1 aromatic rings. The van der Waals surface area contributed by atoms with Gasteiger partial charge >= 0.3 is 5.97 Å². The molecule has 0 bridgehead atoms. The number of ether oxygens (including phenoxy) is 1. The summed E-state index contributed by atoms with van der Waals surface area (Å²) in [5.41, 5.74) is 0.358. The lowest BCUT2D eigenvalue weighted by Gasteiger charge is -2.35. The molecule has 2 heterocycles. The molecule has 7 heteroatoms. The van der Waals surface area contributed by atoms with Crippen LogP contribution in [0.15, 0.2) is 6.33 Å². The van der Waals surface area contributed by atoms with Gasteiger partial charge < -0.3 is 15.0 Å². The fourth-order valence-electron chi connectivity index (χ4n) is 2.25. The van der Waals surface area contributed by atoms with E-state index in [-0.39, 0.29) is 11.8 Å². The molecule has 1 unspecified atom stereocenters. The largest absolute Gasteiger partial charge is 0.464 e. The molecular formula is C13H19FN4O2. The number of carbonyl (C=O) groups is 1. The van der Waals surface area contributed by atoms with Crippen LogP contribution in [0.1, 0.15) is 19.5 Å². The minimum atomic E-state index is -0.558. The number of piperazine rings is 1. The van der Waals surface area contributed by atoms with Gasteiger partial charge in [-0.2, -0.15) is 0 Å². The van der Waals surface area contributed by atoms with Crippen molar-refractivity contribution >= 4 is 11.8 Å². The molecule has 0 radical (unpaired) electrons. The first-order valence-electron chi connectivity index (χ1n) is 6.82. The van der Waals surface area contributed by atoms with Gasteiger partial charge in [0.05, 0.1) is 12.3 Å². The SMILES string of the molecule is CCOC(=O)C1CNCCN1c1ncnc(CC)c1F. The van der Waals surface area contributed by atoms with Gasteiger partial charge in [0, 0.05) is 19.6 Å². The molecule has 2 rings (SSSR count). The average Bonchev–Trinajstić information content (AvgIpc) is 2.48. The van der Waals surface area contributed by atoms with Crippen LogP contribution in [0.4, 0.5) is 10.2 Å². The third-order valence-corrected chi connectivity index (χ3v) is 3.25. The number of aryl methyl sites for hydroxylation is 1. The summed E-state index contributed by atoms with van der Waals surface area (Å²) in [4.78, 5) is 21.6. The van der Waals surface area contributed by atoms with Gasteiger partial charge in [0.25, 0.3) is 0 Å². The van der Waals surface area contributed by atoms with Gasteiger partial charge in [-0.3, -0.25) is 0 Å². The zero-order chi connectivity index (χ0) is 14.5. The number of hydrogen-bond donors (Lipinski definition) is 1. The van der Waals surface area contributed by atoms with Crippen LogP contribution in [0.2, 0.25) is 0 Å². The zero-order valence-electron chi connectivity index (χ0n) is 11.7. The van der Waals surface area contributed by atoms with Gasteiger partial charge in [-0.15, -0.1) is 0 Å². The maximum atomic E-state index is 14.3. The predicted octanol–water partition coefficient (Wildman–Crippen LogP) is 0.519. The van der Waals surface area contributed by atoms with Crippen molar-refractivity contribution in [1.29, 1.82) is 0 Å². The molecule has 20 heavy (non-hydrogen) atoms. The van der Waals surface area contributed by atoms with Crippen LogP contribution >= 0.6 is 0 Å². The molecule has 1 aliphatic heterocycles. The number of nitrogens with zero attached hydrogens (tertiary/aromatic N) is 3. The van der Waals surface area contributed by atoms with Crippen molar-refractivity contribution in [2.45, 2.75) is 26.3 Å². The van der Waals surface area contributed by atoms with Crippen molar-refractivity contribution in [3.05, 3.63) is 17.8 Å². The smallest absolute Gasteiger partial charge is 0.330 e. The van der Waals surface area contributed by atoms with Crippen LogP contribution < -0.4 is 10.2 Å². The van der Waals surface area contributed by atoms with E-state index in [4.69, 9.17) is 4.74 Å². The topological polar surface area (TPSA) is 67.3 Å². The Hall–Kier alpha value is -1.76. The normalized spacial score (nSPS) is 18.9. The summed E-state index contributed by atoms with van der Waals surface area (Å²) in [7, 11) is 0. The van der Waals surface area contributed by atoms with Crippen molar-refractivity contribution in [3.63, 3.8) is 0 Å². The lowest BCUT2D eigenvalue weighted by atomic mass is 10.1. The van der Waals surface area contributed by atoms with Gasteiger partial charge in [-0.1, -0.05) is 6.92 Å². The molecular weight excluding hydrogens is 263 g/mol. The van der Waals surface area contributed by atoms with E-state index >= 15 is 0 Å². The Morgan fingerprint density at radius 3 is 3.05 bits per heavy atom. The van der Waals surface area contributed by atoms with Crippen LogP contribution in [0.5, 0.6) is 0 Å². The van der Waals surface area contributed by atoms with Gasteiger partial charge in [-0.25, -0.2) is 19.2 Å². The number of anilines is 1. The summed E-state index contributed by atoms with van der Waals surface area (Å²) < 4.78 is 19.4. The van der Waals surface area contributed by atoms with Crippen molar-refractivity contribution in [3.8, 4) is 0 Å². The number of nitrogens with one attached hydrogen (secondary N) is 1. The minimum absolute atomic E-state index is 0.177. The van der Waals surface area contributed by atoms with E-state index in [1.165, 1.54) is 6.33 Å². The second-order valence-electron chi connectivity index (χ2n) is 4.48. The Morgan fingerprint density at radius 1 is 1.55 bits per heavy atom. The van der Waals surface area contributed by atoms with Gasteiger partial charge in [-0.05, 0) is 13.3 Å². The molecule has 0 spiro atoms. The van der Waals surface area contributed by atoms with Crippen molar-refractivity contribution < 1.29 is 13.9 Å². The fourth-order valence-corrected chi connectivity index (χ4v) is 2.25. The Bertz CT molecular complexity index is 483. The molecule has 0 aliphatic carbocycles. The highest BCUT2D eigenvalue weighted by Gasteiger charge is 2.32. The van der Waals surface area contributed by atoms with Crippen LogP contribution in [-0.2, 0) is 16.0 Å². The Kier molecular flexibility index (Phi) is 4.84. The van der Waals surface area contributed by atoms with Crippen LogP contribution in [0.25, 0.3) is 0 Å². The number of esters is 1. The van der Waals surface area contributed by atoms with Gasteiger partial charge in [0.15, 0.2) is 11.6 Å². The molecule has 0 aromatic carbocycles. The van der Waals surface area contributed by atoms with Crippen LogP contribution in [-0.4, -0.2) is 48.2 Å². The second-order valence-corrected chi connectivity index (χ2v) is 4.48. The average molecular weight is 282 g/mol. The molecule has 110 valence electrons. The summed E-state index contributed by atoms with van der Waals surface area (Å²) in [5, 5.41) is 3.11. The van der Waals surface area contributed by atoms with Crippen LogP contribution in [0.3, 0.4) is 0 Å². The standard InChI is InChI=1S/C13H19FN4O2/c1-3-9-11(14)12(17-8-16-9)18-6-5-15-7-10(18)13(19)20-4-2/h8,10,15H,3-7H2,1-2H3. The number of halogens is 1. The highest BCUT2D eigenvalue weighted by atomic mass is 19.1. The van der Waals surface area contributed by atoms with E-state index in [0.29, 0.717) is 38.4 Å². The first kappa shape index (κ1) is 14.6. The molecule has 0 amide bonds. The fraction of sp³-hybridized carbons (Fsp3) is 0.615. The Morgan fingerprint density at radius 2 is 2.35 bits per heavy atom. The summed E-state index contributed by atoms with van der Waals surface area (Å²) in [5.74, 6) is -0.640. The maximum absolute atomic E-state index is 14.3. The number of hydrogen-bond acceptors (Lipinski definition) is 6. The number of carbonyl (C=O) groups excluding carboxylic acids is 1. The maximum Gasteiger partial charge on any atom is 0.330 e.